The molecular weight excluding hydrogens is 166 g/mol. The molecule has 0 aromatic rings. The van der Waals surface area contributed by atoms with Crippen LogP contribution >= 0.6 is 0 Å². The Labute approximate surface area is 81.0 Å². The zero-order chi connectivity index (χ0) is 10.9. The molecule has 0 rings (SSSR count). The van der Waals surface area contributed by atoms with Crippen LogP contribution in [0.15, 0.2) is 0 Å². The quantitative estimate of drug-likeness (QED) is 0.619. The fraction of sp³-hybridized carbons (Fsp3) is 0.900. The van der Waals surface area contributed by atoms with Gasteiger partial charge >= 0.3 is 0 Å². The molecule has 13 heavy (non-hydrogen) atoms. The third kappa shape index (κ3) is 2.44. The molecular formula is C10H21NO2. The van der Waals surface area contributed by atoms with Crippen LogP contribution in [0.5, 0.6) is 0 Å². The monoisotopic (exact) mass is 187 g/mol. The number of hydroxylamine groups is 2. The van der Waals surface area contributed by atoms with Crippen molar-refractivity contribution in [1.82, 2.24) is 5.06 Å². The van der Waals surface area contributed by atoms with Crippen molar-refractivity contribution in [1.29, 1.82) is 0 Å². The Balaban J connectivity index is 4.75. The lowest BCUT2D eigenvalue weighted by atomic mass is 9.68. The molecule has 0 atom stereocenters. The fourth-order valence-electron chi connectivity index (χ4n) is 0.797. The zero-order valence-electron chi connectivity index (χ0n) is 9.76. The van der Waals surface area contributed by atoms with Crippen molar-refractivity contribution in [3.63, 3.8) is 0 Å². The molecule has 0 saturated heterocycles. The highest BCUT2D eigenvalue weighted by Crippen LogP contribution is 2.39. The minimum atomic E-state index is -0.419. The third-order valence-electron chi connectivity index (χ3n) is 2.97. The van der Waals surface area contributed by atoms with Crippen LogP contribution in [0.4, 0.5) is 0 Å². The van der Waals surface area contributed by atoms with E-state index in [0.717, 1.165) is 0 Å². The molecule has 3 nitrogen and oxygen atoms in total. The van der Waals surface area contributed by atoms with Crippen LogP contribution in [-0.4, -0.2) is 25.1 Å². The maximum Gasteiger partial charge on any atom is 0.252 e. The molecule has 0 aromatic carbocycles. The molecule has 0 fully saturated rings. The molecule has 0 aliphatic rings. The maximum atomic E-state index is 11.8. The van der Waals surface area contributed by atoms with Crippen molar-refractivity contribution >= 4 is 5.91 Å². The molecule has 0 spiro atoms. The molecule has 0 aromatic heterocycles. The highest BCUT2D eigenvalue weighted by Gasteiger charge is 2.41. The van der Waals surface area contributed by atoms with Gasteiger partial charge in [-0.15, -0.1) is 0 Å². The SMILES string of the molecule is CON(C)C(=O)C(C)(C)C(C)(C)C. The summed E-state index contributed by atoms with van der Waals surface area (Å²) in [6.45, 7) is 10.0. The lowest BCUT2D eigenvalue weighted by Crippen LogP contribution is -2.45. The molecule has 0 saturated carbocycles. The van der Waals surface area contributed by atoms with Gasteiger partial charge in [0.05, 0.1) is 12.5 Å². The third-order valence-corrected chi connectivity index (χ3v) is 2.97. The van der Waals surface area contributed by atoms with Gasteiger partial charge in [0.1, 0.15) is 0 Å². The van der Waals surface area contributed by atoms with E-state index in [4.69, 9.17) is 4.84 Å². The molecule has 0 bridgehead atoms. The molecule has 3 heteroatoms. The molecule has 1 amide bonds. The predicted octanol–water partition coefficient (Wildman–Crippen LogP) is 2.08. The van der Waals surface area contributed by atoms with Gasteiger partial charge in [0.25, 0.3) is 5.91 Å². The summed E-state index contributed by atoms with van der Waals surface area (Å²) in [7, 11) is 3.13. The first-order valence-corrected chi connectivity index (χ1v) is 4.47. The second-order valence-corrected chi connectivity index (χ2v) is 4.86. The van der Waals surface area contributed by atoms with Crippen molar-refractivity contribution in [3.8, 4) is 0 Å². The van der Waals surface area contributed by atoms with Gasteiger partial charge in [-0.2, -0.15) is 0 Å². The van der Waals surface area contributed by atoms with Gasteiger partial charge in [-0.3, -0.25) is 9.63 Å². The lowest BCUT2D eigenvalue weighted by molar-refractivity contribution is -0.184. The van der Waals surface area contributed by atoms with E-state index in [1.54, 1.807) is 7.05 Å². The van der Waals surface area contributed by atoms with E-state index < -0.39 is 5.41 Å². The smallest absolute Gasteiger partial charge is 0.252 e. The molecule has 0 N–H and O–H groups in total. The molecule has 0 aliphatic heterocycles. The zero-order valence-corrected chi connectivity index (χ0v) is 9.76. The number of carbonyl (C=O) groups is 1. The van der Waals surface area contributed by atoms with Crippen LogP contribution in [0.25, 0.3) is 0 Å². The van der Waals surface area contributed by atoms with Gasteiger partial charge in [0.15, 0.2) is 0 Å². The Kier molecular flexibility index (Phi) is 3.50. The van der Waals surface area contributed by atoms with Crippen molar-refractivity contribution < 1.29 is 9.63 Å². The Morgan fingerprint density at radius 1 is 1.15 bits per heavy atom. The van der Waals surface area contributed by atoms with Crippen molar-refractivity contribution in [3.05, 3.63) is 0 Å². The average molecular weight is 187 g/mol. The first kappa shape index (κ1) is 12.4. The topological polar surface area (TPSA) is 29.5 Å². The molecule has 0 heterocycles. The maximum absolute atomic E-state index is 11.8. The Bertz CT molecular complexity index is 192. The van der Waals surface area contributed by atoms with Gasteiger partial charge < -0.3 is 0 Å². The summed E-state index contributed by atoms with van der Waals surface area (Å²) in [5, 5.41) is 1.28. The number of amides is 1. The van der Waals surface area contributed by atoms with E-state index in [-0.39, 0.29) is 11.3 Å². The van der Waals surface area contributed by atoms with Crippen molar-refractivity contribution in [2.45, 2.75) is 34.6 Å². The normalized spacial score (nSPS) is 12.8. The van der Waals surface area contributed by atoms with Gasteiger partial charge in [-0.05, 0) is 5.41 Å². The summed E-state index contributed by atoms with van der Waals surface area (Å²) in [4.78, 5) is 16.7. The number of rotatable bonds is 2. The molecule has 0 radical (unpaired) electrons. The highest BCUT2D eigenvalue weighted by molar-refractivity contribution is 5.81. The van der Waals surface area contributed by atoms with Crippen LogP contribution in [0.1, 0.15) is 34.6 Å². The van der Waals surface area contributed by atoms with Crippen LogP contribution < -0.4 is 0 Å². The van der Waals surface area contributed by atoms with E-state index in [9.17, 15) is 4.79 Å². The fourth-order valence-corrected chi connectivity index (χ4v) is 0.797. The van der Waals surface area contributed by atoms with E-state index in [2.05, 4.69) is 20.8 Å². The van der Waals surface area contributed by atoms with Gasteiger partial charge in [-0.1, -0.05) is 34.6 Å². The van der Waals surface area contributed by atoms with Crippen LogP contribution in [-0.2, 0) is 9.63 Å². The number of nitrogens with zero attached hydrogens (tertiary/aromatic N) is 1. The predicted molar refractivity (Wildman–Crippen MR) is 53.0 cm³/mol. The summed E-state index contributed by atoms with van der Waals surface area (Å²) >= 11 is 0. The average Bonchev–Trinajstić information content (AvgIpc) is 1.99. The van der Waals surface area contributed by atoms with Crippen molar-refractivity contribution in [2.75, 3.05) is 14.2 Å². The van der Waals surface area contributed by atoms with Gasteiger partial charge in [-0.25, -0.2) is 5.06 Å². The standard InChI is InChI=1S/C10H21NO2/c1-9(2,3)10(4,5)8(12)11(6)13-7/h1-7H3. The van der Waals surface area contributed by atoms with E-state index in [0.29, 0.717) is 0 Å². The second kappa shape index (κ2) is 3.66. The minimum Gasteiger partial charge on any atom is -0.275 e. The minimum absolute atomic E-state index is 0.00231. The molecule has 0 aliphatic carbocycles. The van der Waals surface area contributed by atoms with Crippen LogP contribution in [0, 0.1) is 10.8 Å². The first-order chi connectivity index (χ1) is 5.64. The highest BCUT2D eigenvalue weighted by atomic mass is 16.7. The Morgan fingerprint density at radius 3 is 1.77 bits per heavy atom. The van der Waals surface area contributed by atoms with E-state index >= 15 is 0 Å². The van der Waals surface area contributed by atoms with Crippen molar-refractivity contribution in [2.24, 2.45) is 10.8 Å². The largest absolute Gasteiger partial charge is 0.275 e. The lowest BCUT2D eigenvalue weighted by Gasteiger charge is -2.38. The Hall–Kier alpha value is -0.570. The summed E-state index contributed by atoms with van der Waals surface area (Å²) in [6.07, 6.45) is 0. The molecule has 0 unspecified atom stereocenters. The van der Waals surface area contributed by atoms with E-state index in [1.807, 2.05) is 13.8 Å². The summed E-state index contributed by atoms with van der Waals surface area (Å²) < 4.78 is 0. The van der Waals surface area contributed by atoms with Crippen LogP contribution in [0.2, 0.25) is 0 Å². The number of hydrogen-bond acceptors (Lipinski definition) is 2. The van der Waals surface area contributed by atoms with Gasteiger partial charge in [0.2, 0.25) is 0 Å². The summed E-state index contributed by atoms with van der Waals surface area (Å²) in [6, 6.07) is 0. The Morgan fingerprint density at radius 2 is 1.54 bits per heavy atom. The summed E-state index contributed by atoms with van der Waals surface area (Å²) in [5.41, 5.74) is -0.491. The number of carbonyl (C=O) groups excluding carboxylic acids is 1. The first-order valence-electron chi connectivity index (χ1n) is 4.47. The summed E-state index contributed by atoms with van der Waals surface area (Å²) in [5.74, 6) is 0.00231. The van der Waals surface area contributed by atoms with Gasteiger partial charge in [0, 0.05) is 7.05 Å². The van der Waals surface area contributed by atoms with Crippen LogP contribution in [0.3, 0.4) is 0 Å². The molecule has 78 valence electrons. The second-order valence-electron chi connectivity index (χ2n) is 4.86. The van der Waals surface area contributed by atoms with E-state index in [1.165, 1.54) is 12.2 Å². The number of hydrogen-bond donors (Lipinski definition) is 0.